The summed E-state index contributed by atoms with van der Waals surface area (Å²) < 4.78 is 0. The predicted molar refractivity (Wildman–Crippen MR) is 60.8 cm³/mol. The predicted octanol–water partition coefficient (Wildman–Crippen LogP) is 1.67. The molecule has 1 saturated carbocycles. The van der Waals surface area contributed by atoms with Gasteiger partial charge in [-0.3, -0.25) is 0 Å². The van der Waals surface area contributed by atoms with Crippen LogP contribution in [0.5, 0.6) is 0 Å². The molecule has 1 aliphatic carbocycles. The molecule has 2 rings (SSSR count). The third kappa shape index (κ3) is 2.38. The van der Waals surface area contributed by atoms with Crippen LogP contribution in [0, 0.1) is 5.92 Å². The molecule has 0 spiro atoms. The van der Waals surface area contributed by atoms with Crippen LogP contribution in [0.3, 0.4) is 0 Å². The topological polar surface area (TPSA) is 63.8 Å². The van der Waals surface area contributed by atoms with E-state index in [1.165, 1.54) is 12.8 Å². The normalized spacial score (nSPS) is 19.7. The molecule has 0 aliphatic heterocycles. The number of hydrogen-bond acceptors (Lipinski definition) is 4. The van der Waals surface area contributed by atoms with E-state index in [0.29, 0.717) is 23.4 Å². The van der Waals surface area contributed by atoms with Crippen molar-refractivity contribution in [1.82, 2.24) is 9.97 Å². The van der Waals surface area contributed by atoms with Crippen LogP contribution < -0.4 is 11.1 Å². The monoisotopic (exact) mass is 226 g/mol. The molecule has 0 saturated heterocycles. The van der Waals surface area contributed by atoms with Crippen molar-refractivity contribution < 1.29 is 0 Å². The minimum atomic E-state index is -0.0895. The fraction of sp³-hybridized carbons (Fsp3) is 0.600. The van der Waals surface area contributed by atoms with Crippen molar-refractivity contribution in [3.05, 3.63) is 17.4 Å². The molecule has 1 aromatic heterocycles. The van der Waals surface area contributed by atoms with Crippen LogP contribution in [0.15, 0.2) is 12.4 Å². The van der Waals surface area contributed by atoms with Gasteiger partial charge in [0.1, 0.15) is 0 Å². The summed E-state index contributed by atoms with van der Waals surface area (Å²) in [4.78, 5) is 8.22. The lowest BCUT2D eigenvalue weighted by Gasteiger charge is -2.29. The van der Waals surface area contributed by atoms with Gasteiger partial charge in [0.2, 0.25) is 5.95 Å². The minimum absolute atomic E-state index is 0.0895. The highest BCUT2D eigenvalue weighted by atomic mass is 35.5. The quantitative estimate of drug-likeness (QED) is 0.820. The van der Waals surface area contributed by atoms with E-state index in [-0.39, 0.29) is 5.54 Å². The van der Waals surface area contributed by atoms with E-state index in [2.05, 4.69) is 22.2 Å². The Balaban J connectivity index is 2.09. The third-order valence-corrected chi connectivity index (χ3v) is 3.12. The van der Waals surface area contributed by atoms with Crippen LogP contribution in [0.4, 0.5) is 5.95 Å². The lowest BCUT2D eigenvalue weighted by atomic mass is 9.96. The fourth-order valence-electron chi connectivity index (χ4n) is 1.67. The molecule has 0 aromatic carbocycles. The zero-order valence-corrected chi connectivity index (χ0v) is 9.46. The summed E-state index contributed by atoms with van der Waals surface area (Å²) >= 11 is 5.71. The Morgan fingerprint density at radius 3 is 2.60 bits per heavy atom. The molecule has 3 N–H and O–H groups in total. The Morgan fingerprint density at radius 1 is 1.53 bits per heavy atom. The molecule has 1 aromatic rings. The van der Waals surface area contributed by atoms with E-state index in [0.717, 1.165) is 0 Å². The fourth-order valence-corrected chi connectivity index (χ4v) is 1.77. The van der Waals surface area contributed by atoms with Crippen LogP contribution >= 0.6 is 11.6 Å². The summed E-state index contributed by atoms with van der Waals surface area (Å²) in [7, 11) is 0. The van der Waals surface area contributed by atoms with Gasteiger partial charge in [-0.2, -0.15) is 0 Å². The van der Waals surface area contributed by atoms with E-state index in [4.69, 9.17) is 17.3 Å². The first-order valence-electron chi connectivity index (χ1n) is 5.10. The number of anilines is 1. The Bertz CT molecular complexity index is 336. The van der Waals surface area contributed by atoms with Crippen LogP contribution in [0.25, 0.3) is 0 Å². The molecule has 1 unspecified atom stereocenters. The van der Waals surface area contributed by atoms with Crippen LogP contribution in [-0.4, -0.2) is 22.1 Å². The first-order chi connectivity index (χ1) is 7.14. The van der Waals surface area contributed by atoms with E-state index < -0.39 is 0 Å². The number of nitrogens with two attached hydrogens (primary N) is 1. The van der Waals surface area contributed by atoms with Crippen molar-refractivity contribution in [1.29, 1.82) is 0 Å². The largest absolute Gasteiger partial charge is 0.348 e. The molecule has 1 heterocycles. The van der Waals surface area contributed by atoms with E-state index >= 15 is 0 Å². The smallest absolute Gasteiger partial charge is 0.223 e. The number of nitrogens with zero attached hydrogens (tertiary/aromatic N) is 2. The first-order valence-corrected chi connectivity index (χ1v) is 5.47. The van der Waals surface area contributed by atoms with Crippen molar-refractivity contribution in [2.45, 2.75) is 25.3 Å². The van der Waals surface area contributed by atoms with Gasteiger partial charge in [0, 0.05) is 6.54 Å². The van der Waals surface area contributed by atoms with Gasteiger partial charge >= 0.3 is 0 Å². The average molecular weight is 227 g/mol. The second-order valence-electron chi connectivity index (χ2n) is 4.25. The maximum atomic E-state index is 5.78. The molecule has 5 heteroatoms. The van der Waals surface area contributed by atoms with Gasteiger partial charge < -0.3 is 11.1 Å². The number of aromatic nitrogens is 2. The van der Waals surface area contributed by atoms with Crippen molar-refractivity contribution in [3.8, 4) is 0 Å². The summed E-state index contributed by atoms with van der Waals surface area (Å²) in [6.07, 6.45) is 5.63. The van der Waals surface area contributed by atoms with Crippen LogP contribution in [0.2, 0.25) is 5.02 Å². The Kier molecular flexibility index (Phi) is 2.80. The molecule has 82 valence electrons. The van der Waals surface area contributed by atoms with Gasteiger partial charge in [0.15, 0.2) is 0 Å². The second-order valence-corrected chi connectivity index (χ2v) is 4.68. The molecule has 0 amide bonds. The van der Waals surface area contributed by atoms with E-state index in [9.17, 15) is 0 Å². The standard InChI is InChI=1S/C10H15ClN4/c1-10(6-12,7-2-3-7)15-9-13-4-8(11)5-14-9/h4-5,7H,2-3,6,12H2,1H3,(H,13,14,15). The molecular weight excluding hydrogens is 212 g/mol. The second kappa shape index (κ2) is 3.94. The number of halogens is 1. The van der Waals surface area contributed by atoms with Crippen molar-refractivity contribution in [3.63, 3.8) is 0 Å². The zero-order valence-electron chi connectivity index (χ0n) is 8.70. The molecule has 1 aliphatic rings. The van der Waals surface area contributed by atoms with E-state index in [1.807, 2.05) is 0 Å². The maximum absolute atomic E-state index is 5.78. The highest BCUT2D eigenvalue weighted by molar-refractivity contribution is 6.30. The van der Waals surface area contributed by atoms with Gasteiger partial charge in [0.25, 0.3) is 0 Å². The lowest BCUT2D eigenvalue weighted by molar-refractivity contribution is 0.456. The maximum Gasteiger partial charge on any atom is 0.223 e. The summed E-state index contributed by atoms with van der Waals surface area (Å²) in [5, 5.41) is 3.83. The molecular formula is C10H15ClN4. The molecule has 1 fully saturated rings. The summed E-state index contributed by atoms with van der Waals surface area (Å²) in [5.74, 6) is 1.24. The highest BCUT2D eigenvalue weighted by Crippen LogP contribution is 2.40. The summed E-state index contributed by atoms with van der Waals surface area (Å²) in [5.41, 5.74) is 5.69. The average Bonchev–Trinajstić information content (AvgIpc) is 3.05. The van der Waals surface area contributed by atoms with Crippen molar-refractivity contribution >= 4 is 17.5 Å². The van der Waals surface area contributed by atoms with Crippen molar-refractivity contribution in [2.24, 2.45) is 11.7 Å². The molecule has 0 bridgehead atoms. The van der Waals surface area contributed by atoms with Gasteiger partial charge in [-0.1, -0.05) is 11.6 Å². The number of nitrogens with one attached hydrogen (secondary N) is 1. The minimum Gasteiger partial charge on any atom is -0.348 e. The Labute approximate surface area is 94.2 Å². The first kappa shape index (κ1) is 10.6. The van der Waals surface area contributed by atoms with Crippen molar-refractivity contribution in [2.75, 3.05) is 11.9 Å². The van der Waals surface area contributed by atoms with Gasteiger partial charge in [-0.05, 0) is 25.7 Å². The Hall–Kier alpha value is -0.870. The van der Waals surface area contributed by atoms with Crippen LogP contribution in [0.1, 0.15) is 19.8 Å². The van der Waals surface area contributed by atoms with Gasteiger partial charge in [-0.15, -0.1) is 0 Å². The zero-order chi connectivity index (χ0) is 10.9. The lowest BCUT2D eigenvalue weighted by Crippen LogP contribution is -2.45. The Morgan fingerprint density at radius 2 is 2.13 bits per heavy atom. The third-order valence-electron chi connectivity index (χ3n) is 2.92. The molecule has 0 radical (unpaired) electrons. The molecule has 1 atom stereocenters. The summed E-state index contributed by atoms with van der Waals surface area (Å²) in [6.45, 7) is 2.70. The van der Waals surface area contributed by atoms with Crippen LogP contribution in [-0.2, 0) is 0 Å². The highest BCUT2D eigenvalue weighted by Gasteiger charge is 2.40. The SMILES string of the molecule is CC(CN)(Nc1ncc(Cl)cn1)C1CC1. The molecule has 4 nitrogen and oxygen atoms in total. The summed E-state index contributed by atoms with van der Waals surface area (Å²) in [6, 6.07) is 0. The number of hydrogen-bond donors (Lipinski definition) is 2. The van der Waals surface area contributed by atoms with Gasteiger partial charge in [0.05, 0.1) is 23.0 Å². The van der Waals surface area contributed by atoms with Gasteiger partial charge in [-0.25, -0.2) is 9.97 Å². The number of rotatable bonds is 4. The van der Waals surface area contributed by atoms with E-state index in [1.54, 1.807) is 12.4 Å². The molecule has 15 heavy (non-hydrogen) atoms.